The van der Waals surface area contributed by atoms with E-state index >= 15 is 0 Å². The number of benzene rings is 2. The van der Waals surface area contributed by atoms with Crippen LogP contribution >= 0.6 is 0 Å². The van der Waals surface area contributed by atoms with Gasteiger partial charge in [0.05, 0.1) is 6.54 Å². The summed E-state index contributed by atoms with van der Waals surface area (Å²) in [6.07, 6.45) is 3.64. The fourth-order valence-electron chi connectivity index (χ4n) is 3.27. The van der Waals surface area contributed by atoms with Gasteiger partial charge in [0.2, 0.25) is 0 Å². The van der Waals surface area contributed by atoms with Gasteiger partial charge in [-0.25, -0.2) is 0 Å². The number of hydrogen-bond acceptors (Lipinski definition) is 4. The first-order valence-corrected chi connectivity index (χ1v) is 9.73. The molecule has 0 saturated heterocycles. The van der Waals surface area contributed by atoms with Crippen LogP contribution in [0.5, 0.6) is 5.75 Å². The second kappa shape index (κ2) is 8.69. The summed E-state index contributed by atoms with van der Waals surface area (Å²) in [4.78, 5) is 12.6. The lowest BCUT2D eigenvalue weighted by Gasteiger charge is -2.07. The molecule has 0 aliphatic rings. The van der Waals surface area contributed by atoms with Gasteiger partial charge in [0, 0.05) is 18.1 Å². The largest absolute Gasteiger partial charge is 0.486 e. The lowest BCUT2D eigenvalue weighted by Crippen LogP contribution is -2.11. The molecule has 30 heavy (non-hydrogen) atoms. The average Bonchev–Trinajstić information content (AvgIpc) is 3.38. The quantitative estimate of drug-likeness (QED) is 0.475. The normalized spacial score (nSPS) is 10.7. The number of anilines is 1. The zero-order chi connectivity index (χ0) is 20.9. The van der Waals surface area contributed by atoms with Gasteiger partial charge in [0.15, 0.2) is 5.76 Å². The Bertz CT molecular complexity index is 1130. The molecule has 4 aromatic rings. The van der Waals surface area contributed by atoms with Crippen LogP contribution in [0.2, 0.25) is 0 Å². The fraction of sp³-hybridized carbons (Fsp3) is 0.167. The molecule has 0 fully saturated rings. The van der Waals surface area contributed by atoms with Crippen LogP contribution in [0.25, 0.3) is 0 Å². The molecule has 0 aliphatic heterocycles. The van der Waals surface area contributed by atoms with E-state index in [0.29, 0.717) is 18.0 Å². The van der Waals surface area contributed by atoms with Gasteiger partial charge in [-0.1, -0.05) is 18.2 Å². The summed E-state index contributed by atoms with van der Waals surface area (Å²) in [5.41, 5.74) is 4.02. The third-order valence-electron chi connectivity index (χ3n) is 4.55. The van der Waals surface area contributed by atoms with Crippen molar-refractivity contribution in [3.8, 4) is 5.75 Å². The molecule has 2 heterocycles. The second-order valence-corrected chi connectivity index (χ2v) is 7.24. The van der Waals surface area contributed by atoms with E-state index in [4.69, 9.17) is 9.15 Å². The van der Waals surface area contributed by atoms with E-state index in [1.807, 2.05) is 67.2 Å². The van der Waals surface area contributed by atoms with Gasteiger partial charge in [-0.05, 0) is 73.0 Å². The third-order valence-corrected chi connectivity index (χ3v) is 4.55. The van der Waals surface area contributed by atoms with E-state index in [9.17, 15) is 4.79 Å². The van der Waals surface area contributed by atoms with Crippen molar-refractivity contribution in [3.63, 3.8) is 0 Å². The van der Waals surface area contributed by atoms with E-state index in [-0.39, 0.29) is 18.3 Å². The van der Waals surface area contributed by atoms with Gasteiger partial charge in [-0.15, -0.1) is 0 Å². The standard InChI is InChI=1S/C24H23N3O3/c1-17-11-18(2)13-22(12-17)29-16-21-7-8-23(30-21)24(28)26-20-6-3-5-19(14-20)15-27-10-4-9-25-27/h3-14H,15-16H2,1-2H3,(H,26,28). The highest BCUT2D eigenvalue weighted by Crippen LogP contribution is 2.19. The SMILES string of the molecule is Cc1cc(C)cc(OCc2ccc(C(=O)Nc3cccc(Cn4cccn4)c3)o2)c1. The number of amides is 1. The minimum absolute atomic E-state index is 0.242. The minimum Gasteiger partial charge on any atom is -0.486 e. The number of aryl methyl sites for hydroxylation is 2. The van der Waals surface area contributed by atoms with Crippen molar-refractivity contribution in [2.45, 2.75) is 27.0 Å². The highest BCUT2D eigenvalue weighted by Gasteiger charge is 2.12. The summed E-state index contributed by atoms with van der Waals surface area (Å²) >= 11 is 0. The Labute approximate surface area is 175 Å². The van der Waals surface area contributed by atoms with Crippen molar-refractivity contribution in [2.24, 2.45) is 0 Å². The van der Waals surface area contributed by atoms with E-state index in [1.54, 1.807) is 18.3 Å². The summed E-state index contributed by atoms with van der Waals surface area (Å²) < 4.78 is 13.3. The van der Waals surface area contributed by atoms with Crippen molar-refractivity contribution in [2.75, 3.05) is 5.32 Å². The molecule has 2 aromatic carbocycles. The Morgan fingerprint density at radius 1 is 1.07 bits per heavy atom. The molecule has 0 saturated carbocycles. The van der Waals surface area contributed by atoms with Crippen molar-refractivity contribution in [1.82, 2.24) is 9.78 Å². The van der Waals surface area contributed by atoms with Crippen molar-refractivity contribution in [3.05, 3.63) is 101 Å². The molecule has 0 unspecified atom stereocenters. The summed E-state index contributed by atoms with van der Waals surface area (Å²) in [5.74, 6) is 1.31. The number of aromatic nitrogens is 2. The Morgan fingerprint density at radius 3 is 2.67 bits per heavy atom. The highest BCUT2D eigenvalue weighted by molar-refractivity contribution is 6.02. The lowest BCUT2D eigenvalue weighted by molar-refractivity contribution is 0.0992. The van der Waals surface area contributed by atoms with E-state index in [2.05, 4.69) is 16.5 Å². The van der Waals surface area contributed by atoms with Crippen molar-refractivity contribution >= 4 is 11.6 Å². The van der Waals surface area contributed by atoms with E-state index in [1.165, 1.54) is 0 Å². The summed E-state index contributed by atoms with van der Waals surface area (Å²) in [5, 5.41) is 7.08. The number of hydrogen-bond donors (Lipinski definition) is 1. The zero-order valence-corrected chi connectivity index (χ0v) is 17.0. The number of ether oxygens (including phenoxy) is 1. The van der Waals surface area contributed by atoms with E-state index in [0.717, 1.165) is 22.4 Å². The van der Waals surface area contributed by atoms with Crippen molar-refractivity contribution < 1.29 is 13.9 Å². The Balaban J connectivity index is 1.37. The van der Waals surface area contributed by atoms with Crippen LogP contribution in [-0.2, 0) is 13.2 Å². The molecular weight excluding hydrogens is 378 g/mol. The first kappa shape index (κ1) is 19.5. The third kappa shape index (κ3) is 4.97. The molecule has 4 rings (SSSR count). The maximum absolute atomic E-state index is 12.6. The molecule has 0 radical (unpaired) electrons. The van der Waals surface area contributed by atoms with Gasteiger partial charge in [0.1, 0.15) is 18.1 Å². The van der Waals surface area contributed by atoms with Gasteiger partial charge in [-0.2, -0.15) is 5.10 Å². The number of nitrogens with one attached hydrogen (secondary N) is 1. The van der Waals surface area contributed by atoms with Gasteiger partial charge in [-0.3, -0.25) is 9.48 Å². The van der Waals surface area contributed by atoms with Crippen LogP contribution in [-0.4, -0.2) is 15.7 Å². The topological polar surface area (TPSA) is 69.3 Å². The Hall–Kier alpha value is -3.80. The molecule has 0 bridgehead atoms. The number of carbonyl (C=O) groups is 1. The van der Waals surface area contributed by atoms with Crippen molar-refractivity contribution in [1.29, 1.82) is 0 Å². The highest BCUT2D eigenvalue weighted by atomic mass is 16.5. The predicted octanol–water partition coefficient (Wildman–Crippen LogP) is 4.97. The van der Waals surface area contributed by atoms with Crippen LogP contribution in [0.3, 0.4) is 0 Å². The van der Waals surface area contributed by atoms with Gasteiger partial charge in [0.25, 0.3) is 5.91 Å². The summed E-state index contributed by atoms with van der Waals surface area (Å²) in [6.45, 7) is 4.95. The molecule has 6 nitrogen and oxygen atoms in total. The number of nitrogens with zero attached hydrogens (tertiary/aromatic N) is 2. The van der Waals surface area contributed by atoms with Crippen LogP contribution in [0.1, 0.15) is 33.0 Å². The molecule has 0 spiro atoms. The molecule has 1 N–H and O–H groups in total. The van der Waals surface area contributed by atoms with Crippen LogP contribution < -0.4 is 10.1 Å². The average molecular weight is 401 g/mol. The monoisotopic (exact) mass is 401 g/mol. The molecule has 6 heteroatoms. The molecule has 1 amide bonds. The van der Waals surface area contributed by atoms with Crippen LogP contribution in [0.4, 0.5) is 5.69 Å². The molecule has 2 aromatic heterocycles. The van der Waals surface area contributed by atoms with E-state index < -0.39 is 0 Å². The molecule has 152 valence electrons. The lowest BCUT2D eigenvalue weighted by atomic mass is 10.1. The van der Waals surface area contributed by atoms with Crippen LogP contribution in [0, 0.1) is 13.8 Å². The zero-order valence-electron chi connectivity index (χ0n) is 17.0. The number of furan rings is 1. The second-order valence-electron chi connectivity index (χ2n) is 7.24. The Morgan fingerprint density at radius 2 is 1.90 bits per heavy atom. The molecule has 0 aliphatic carbocycles. The first-order chi connectivity index (χ1) is 14.5. The fourth-order valence-corrected chi connectivity index (χ4v) is 3.27. The minimum atomic E-state index is -0.302. The molecule has 0 atom stereocenters. The maximum atomic E-state index is 12.6. The summed E-state index contributed by atoms with van der Waals surface area (Å²) in [7, 11) is 0. The predicted molar refractivity (Wildman–Crippen MR) is 115 cm³/mol. The van der Waals surface area contributed by atoms with Gasteiger partial charge >= 0.3 is 0 Å². The Kier molecular flexibility index (Phi) is 5.66. The van der Waals surface area contributed by atoms with Gasteiger partial charge < -0.3 is 14.5 Å². The number of carbonyl (C=O) groups excluding carboxylic acids is 1. The number of rotatable bonds is 7. The maximum Gasteiger partial charge on any atom is 0.291 e. The molecular formula is C24H23N3O3. The smallest absolute Gasteiger partial charge is 0.291 e. The van der Waals surface area contributed by atoms with Crippen LogP contribution in [0.15, 0.2) is 77.5 Å². The summed E-state index contributed by atoms with van der Waals surface area (Å²) in [6, 6.07) is 19.0. The first-order valence-electron chi connectivity index (χ1n) is 9.73.